The highest BCUT2D eigenvalue weighted by Crippen LogP contribution is 2.25. The smallest absolute Gasteiger partial charge is 0.214 e. The summed E-state index contributed by atoms with van der Waals surface area (Å²) in [6.07, 6.45) is 0. The fourth-order valence-electron chi connectivity index (χ4n) is 0.543. The highest BCUT2D eigenvalue weighted by Gasteiger charge is 2.12. The fourth-order valence-corrected chi connectivity index (χ4v) is 3.39. The molecule has 0 aliphatic rings. The van der Waals surface area contributed by atoms with Crippen LogP contribution in [-0.4, -0.2) is 15.5 Å². The van der Waals surface area contributed by atoms with Crippen molar-refractivity contribution in [3.05, 3.63) is 15.9 Å². The minimum Gasteiger partial charge on any atom is -0.214 e. The molecule has 0 aromatic carbocycles. The lowest BCUT2D eigenvalue weighted by Gasteiger charge is -1.95. The molecule has 3 nitrogen and oxygen atoms in total. The first-order valence-corrected chi connectivity index (χ1v) is 5.84. The third-order valence-electron chi connectivity index (χ3n) is 1.08. The summed E-state index contributed by atoms with van der Waals surface area (Å²) in [5.74, 6) is 0. The Morgan fingerprint density at radius 2 is 2.18 bits per heavy atom. The summed E-state index contributed by atoms with van der Waals surface area (Å²) in [6, 6.07) is 3.26. The Morgan fingerprint density at radius 3 is 2.55 bits per heavy atom. The first-order chi connectivity index (χ1) is 5.06. The van der Waals surface area contributed by atoms with E-state index in [1.54, 1.807) is 12.1 Å². The number of hydrogen-bond donors (Lipinski definition) is 1. The summed E-state index contributed by atoms with van der Waals surface area (Å²) >= 11 is 4.37. The average molecular weight is 256 g/mol. The van der Waals surface area contributed by atoms with E-state index in [4.69, 9.17) is 0 Å². The van der Waals surface area contributed by atoms with E-state index >= 15 is 0 Å². The Morgan fingerprint density at radius 1 is 1.55 bits per heavy atom. The molecule has 0 unspecified atom stereocenters. The van der Waals surface area contributed by atoms with Crippen LogP contribution in [0.2, 0.25) is 0 Å². The molecule has 0 aliphatic carbocycles. The molecule has 1 heterocycles. The van der Waals surface area contributed by atoms with Gasteiger partial charge in [0.2, 0.25) is 10.0 Å². The van der Waals surface area contributed by atoms with Crippen LogP contribution in [0.25, 0.3) is 0 Å². The van der Waals surface area contributed by atoms with Crippen molar-refractivity contribution < 1.29 is 8.42 Å². The Hall–Kier alpha value is 0.0900. The van der Waals surface area contributed by atoms with E-state index in [-0.39, 0.29) is 0 Å². The van der Waals surface area contributed by atoms with Crippen molar-refractivity contribution in [3.8, 4) is 0 Å². The van der Waals surface area contributed by atoms with Gasteiger partial charge in [-0.2, -0.15) is 0 Å². The maximum atomic E-state index is 11.1. The zero-order chi connectivity index (χ0) is 8.48. The van der Waals surface area contributed by atoms with Crippen LogP contribution in [-0.2, 0) is 10.0 Å². The third kappa shape index (κ3) is 2.02. The Bertz CT molecular complexity index is 343. The van der Waals surface area contributed by atoms with Gasteiger partial charge in [0, 0.05) is 0 Å². The molecule has 1 N–H and O–H groups in total. The van der Waals surface area contributed by atoms with Crippen LogP contribution in [0.15, 0.2) is 20.1 Å². The van der Waals surface area contributed by atoms with E-state index in [9.17, 15) is 8.42 Å². The standard InChI is InChI=1S/C5H6BrNO2S2/c1-7-11(8,9)5-3-2-4(6)10-5/h2-3,7H,1H3. The van der Waals surface area contributed by atoms with E-state index in [2.05, 4.69) is 20.7 Å². The lowest BCUT2D eigenvalue weighted by molar-refractivity contribution is 0.590. The third-order valence-corrected chi connectivity index (χ3v) is 4.61. The molecule has 0 spiro atoms. The highest BCUT2D eigenvalue weighted by molar-refractivity contribution is 9.11. The van der Waals surface area contributed by atoms with Crippen LogP contribution in [0, 0.1) is 0 Å². The summed E-state index contributed by atoms with van der Waals surface area (Å²) in [6.45, 7) is 0. The second-order valence-electron chi connectivity index (χ2n) is 1.77. The molecule has 1 aromatic heterocycles. The van der Waals surface area contributed by atoms with E-state index in [0.717, 1.165) is 3.79 Å². The number of rotatable bonds is 2. The second kappa shape index (κ2) is 3.22. The van der Waals surface area contributed by atoms with E-state index in [1.807, 2.05) is 0 Å². The van der Waals surface area contributed by atoms with Crippen LogP contribution in [0.1, 0.15) is 0 Å². The van der Waals surface area contributed by atoms with Crippen molar-refractivity contribution in [2.45, 2.75) is 4.21 Å². The summed E-state index contributed by atoms with van der Waals surface area (Å²) < 4.78 is 25.6. The monoisotopic (exact) mass is 255 g/mol. The molecule has 0 bridgehead atoms. The van der Waals surface area contributed by atoms with Gasteiger partial charge < -0.3 is 0 Å². The largest absolute Gasteiger partial charge is 0.249 e. The van der Waals surface area contributed by atoms with Gasteiger partial charge in [0.1, 0.15) is 4.21 Å². The van der Waals surface area contributed by atoms with Crippen molar-refractivity contribution in [3.63, 3.8) is 0 Å². The normalized spacial score (nSPS) is 11.8. The van der Waals surface area contributed by atoms with Crippen molar-refractivity contribution in [1.82, 2.24) is 4.72 Å². The van der Waals surface area contributed by atoms with Gasteiger partial charge in [-0.15, -0.1) is 11.3 Å². The number of sulfonamides is 1. The first-order valence-electron chi connectivity index (χ1n) is 2.75. The van der Waals surface area contributed by atoms with Crippen LogP contribution in [0.5, 0.6) is 0 Å². The molecule has 0 aliphatic heterocycles. The summed E-state index contributed by atoms with van der Waals surface area (Å²) in [7, 11) is -1.85. The van der Waals surface area contributed by atoms with E-state index in [0.29, 0.717) is 4.21 Å². The summed E-state index contributed by atoms with van der Waals surface area (Å²) in [5.41, 5.74) is 0. The van der Waals surface area contributed by atoms with E-state index < -0.39 is 10.0 Å². The second-order valence-corrected chi connectivity index (χ2v) is 6.34. The molecule has 0 saturated carbocycles. The zero-order valence-electron chi connectivity index (χ0n) is 5.67. The predicted molar refractivity (Wildman–Crippen MR) is 48.3 cm³/mol. The molecule has 1 aromatic rings. The predicted octanol–water partition coefficient (Wildman–Crippen LogP) is 1.42. The Labute approximate surface area is 77.6 Å². The Kier molecular flexibility index (Phi) is 2.69. The summed E-state index contributed by atoms with van der Waals surface area (Å²) in [4.78, 5) is 0. The highest BCUT2D eigenvalue weighted by atomic mass is 79.9. The topological polar surface area (TPSA) is 46.2 Å². The number of nitrogens with one attached hydrogen (secondary N) is 1. The molecule has 0 amide bonds. The lowest BCUT2D eigenvalue weighted by atomic mass is 10.7. The molecule has 0 atom stereocenters. The zero-order valence-corrected chi connectivity index (χ0v) is 8.88. The van der Waals surface area contributed by atoms with Gasteiger partial charge in [-0.3, -0.25) is 0 Å². The molecular formula is C5H6BrNO2S2. The van der Waals surface area contributed by atoms with Gasteiger partial charge in [-0.05, 0) is 35.1 Å². The van der Waals surface area contributed by atoms with Gasteiger partial charge in [-0.1, -0.05) is 0 Å². The van der Waals surface area contributed by atoms with E-state index in [1.165, 1.54) is 18.4 Å². The first kappa shape index (κ1) is 9.18. The van der Waals surface area contributed by atoms with Crippen molar-refractivity contribution in [2.24, 2.45) is 0 Å². The van der Waals surface area contributed by atoms with Crippen LogP contribution in [0.4, 0.5) is 0 Å². The molecule has 6 heteroatoms. The fraction of sp³-hybridized carbons (Fsp3) is 0.200. The molecule has 1 rings (SSSR count). The summed E-state index contributed by atoms with van der Waals surface area (Å²) in [5, 5.41) is 0. The van der Waals surface area contributed by atoms with Gasteiger partial charge in [-0.25, -0.2) is 13.1 Å². The minimum atomic E-state index is -3.24. The molecule has 0 radical (unpaired) electrons. The number of hydrogen-bond acceptors (Lipinski definition) is 3. The maximum absolute atomic E-state index is 11.1. The molecule has 62 valence electrons. The van der Waals surface area contributed by atoms with Crippen LogP contribution < -0.4 is 4.72 Å². The average Bonchev–Trinajstić information content (AvgIpc) is 2.36. The lowest BCUT2D eigenvalue weighted by Crippen LogP contribution is -2.17. The molecule has 0 fully saturated rings. The van der Waals surface area contributed by atoms with Gasteiger partial charge in [0.15, 0.2) is 0 Å². The molecule has 0 saturated heterocycles. The maximum Gasteiger partial charge on any atom is 0.249 e. The van der Waals surface area contributed by atoms with Gasteiger partial charge in [0.05, 0.1) is 3.79 Å². The number of thiophene rings is 1. The van der Waals surface area contributed by atoms with Crippen molar-refractivity contribution >= 4 is 37.3 Å². The quantitative estimate of drug-likeness (QED) is 0.869. The minimum absolute atomic E-state index is 0.326. The molecule has 11 heavy (non-hydrogen) atoms. The van der Waals surface area contributed by atoms with Crippen LogP contribution in [0.3, 0.4) is 0 Å². The Balaban J connectivity index is 3.13. The molecular weight excluding hydrogens is 250 g/mol. The number of halogens is 1. The SMILES string of the molecule is CNS(=O)(=O)c1ccc(Br)s1. The van der Waals surface area contributed by atoms with Crippen molar-refractivity contribution in [2.75, 3.05) is 7.05 Å². The van der Waals surface area contributed by atoms with Gasteiger partial charge in [0.25, 0.3) is 0 Å². The van der Waals surface area contributed by atoms with Gasteiger partial charge >= 0.3 is 0 Å². The van der Waals surface area contributed by atoms with Crippen molar-refractivity contribution in [1.29, 1.82) is 0 Å². The van der Waals surface area contributed by atoms with Crippen LogP contribution >= 0.6 is 27.3 Å².